The maximum Gasteiger partial charge on any atom is 0.262 e. The second-order valence-electron chi connectivity index (χ2n) is 4.86. The number of nitrogens with one attached hydrogen (secondary N) is 2. The normalized spacial score (nSPS) is 15.0. The largest absolute Gasteiger partial charge is 0.482 e. The minimum Gasteiger partial charge on any atom is -0.482 e. The van der Waals surface area contributed by atoms with Crippen LogP contribution in [0.15, 0.2) is 30.3 Å². The Morgan fingerprint density at radius 1 is 1.35 bits per heavy atom. The summed E-state index contributed by atoms with van der Waals surface area (Å²) in [7, 11) is 0. The molecule has 20 heavy (non-hydrogen) atoms. The highest BCUT2D eigenvalue weighted by molar-refractivity contribution is 7.12. The van der Waals surface area contributed by atoms with Gasteiger partial charge >= 0.3 is 0 Å². The number of benzene rings is 1. The first-order chi connectivity index (χ1) is 9.61. The van der Waals surface area contributed by atoms with Gasteiger partial charge < -0.3 is 15.4 Å². The number of hydrogen-bond acceptors (Lipinski definition) is 4. The summed E-state index contributed by atoms with van der Waals surface area (Å²) < 4.78 is 5.35. The van der Waals surface area contributed by atoms with Gasteiger partial charge in [0, 0.05) is 15.4 Å². The molecule has 0 fully saturated rings. The Bertz CT molecular complexity index is 651. The lowest BCUT2D eigenvalue weighted by atomic mass is 10.2. The molecule has 1 aromatic heterocycles. The monoisotopic (exact) mass is 288 g/mol. The number of aryl methyl sites for hydroxylation is 1. The highest BCUT2D eigenvalue weighted by atomic mass is 32.1. The van der Waals surface area contributed by atoms with E-state index in [-0.39, 0.29) is 18.6 Å². The molecule has 0 spiro atoms. The van der Waals surface area contributed by atoms with Gasteiger partial charge in [0.2, 0.25) is 0 Å². The molecular weight excluding hydrogens is 272 g/mol. The van der Waals surface area contributed by atoms with Crippen LogP contribution in [0.2, 0.25) is 0 Å². The third kappa shape index (κ3) is 2.63. The summed E-state index contributed by atoms with van der Waals surface area (Å²) in [5, 5.41) is 6.26. The van der Waals surface area contributed by atoms with Crippen molar-refractivity contribution in [3.05, 3.63) is 40.1 Å². The van der Waals surface area contributed by atoms with E-state index in [2.05, 4.69) is 36.6 Å². The standard InChI is InChI=1S/C15H16N2O2S/c1-9-3-6-14(20-9)10(2)16-11-4-5-13-12(7-11)17-15(18)8-19-13/h3-7,10,16H,8H2,1-2H3,(H,17,18). The molecule has 0 saturated heterocycles. The summed E-state index contributed by atoms with van der Waals surface area (Å²) in [5.74, 6) is 0.603. The molecule has 0 radical (unpaired) electrons. The number of carbonyl (C=O) groups excluding carboxylic acids is 1. The van der Waals surface area contributed by atoms with Crippen molar-refractivity contribution in [1.82, 2.24) is 0 Å². The van der Waals surface area contributed by atoms with E-state index in [9.17, 15) is 4.79 Å². The van der Waals surface area contributed by atoms with E-state index in [4.69, 9.17) is 4.74 Å². The van der Waals surface area contributed by atoms with Gasteiger partial charge in [-0.25, -0.2) is 0 Å². The van der Waals surface area contributed by atoms with Gasteiger partial charge in [0.15, 0.2) is 6.61 Å². The maximum absolute atomic E-state index is 11.3. The fourth-order valence-corrected chi connectivity index (χ4v) is 3.06. The van der Waals surface area contributed by atoms with Crippen molar-refractivity contribution in [3.63, 3.8) is 0 Å². The van der Waals surface area contributed by atoms with Crippen molar-refractivity contribution >= 4 is 28.6 Å². The van der Waals surface area contributed by atoms with Gasteiger partial charge in [0.05, 0.1) is 11.7 Å². The number of ether oxygens (including phenoxy) is 1. The van der Waals surface area contributed by atoms with Crippen LogP contribution in [0.4, 0.5) is 11.4 Å². The van der Waals surface area contributed by atoms with Crippen molar-refractivity contribution in [2.24, 2.45) is 0 Å². The van der Waals surface area contributed by atoms with Crippen molar-refractivity contribution in [2.75, 3.05) is 17.2 Å². The average molecular weight is 288 g/mol. The van der Waals surface area contributed by atoms with Gasteiger partial charge in [-0.3, -0.25) is 4.79 Å². The fraction of sp³-hybridized carbons (Fsp3) is 0.267. The smallest absolute Gasteiger partial charge is 0.262 e. The van der Waals surface area contributed by atoms with Crippen LogP contribution in [-0.2, 0) is 4.79 Å². The van der Waals surface area contributed by atoms with E-state index in [1.807, 2.05) is 18.2 Å². The van der Waals surface area contributed by atoms with Crippen LogP contribution in [0.25, 0.3) is 0 Å². The second kappa shape index (κ2) is 5.17. The van der Waals surface area contributed by atoms with Crippen LogP contribution in [0.3, 0.4) is 0 Å². The zero-order chi connectivity index (χ0) is 14.1. The molecule has 0 bridgehead atoms. The van der Waals surface area contributed by atoms with E-state index in [1.165, 1.54) is 9.75 Å². The predicted molar refractivity (Wildman–Crippen MR) is 81.7 cm³/mol. The first-order valence-electron chi connectivity index (χ1n) is 6.51. The Morgan fingerprint density at radius 2 is 2.20 bits per heavy atom. The first-order valence-corrected chi connectivity index (χ1v) is 7.33. The molecule has 1 amide bonds. The van der Waals surface area contributed by atoms with Crippen LogP contribution < -0.4 is 15.4 Å². The average Bonchev–Trinajstić information content (AvgIpc) is 2.85. The van der Waals surface area contributed by atoms with Gasteiger partial charge in [0.25, 0.3) is 5.91 Å². The topological polar surface area (TPSA) is 50.4 Å². The quantitative estimate of drug-likeness (QED) is 0.908. The molecule has 2 aromatic rings. The highest BCUT2D eigenvalue weighted by Gasteiger charge is 2.16. The van der Waals surface area contributed by atoms with Gasteiger partial charge in [-0.05, 0) is 44.2 Å². The Hall–Kier alpha value is -2.01. The Labute approximate surface area is 121 Å². The molecular formula is C15H16N2O2S. The fourth-order valence-electron chi connectivity index (χ4n) is 2.18. The molecule has 2 heterocycles. The summed E-state index contributed by atoms with van der Waals surface area (Å²) in [4.78, 5) is 13.9. The van der Waals surface area contributed by atoms with Crippen LogP contribution in [0, 0.1) is 6.92 Å². The van der Waals surface area contributed by atoms with Crippen molar-refractivity contribution < 1.29 is 9.53 Å². The summed E-state index contributed by atoms with van der Waals surface area (Å²) in [5.41, 5.74) is 1.69. The molecule has 3 rings (SSSR count). The summed E-state index contributed by atoms with van der Waals surface area (Å²) in [6, 6.07) is 10.2. The highest BCUT2D eigenvalue weighted by Crippen LogP contribution is 2.32. The molecule has 1 aromatic carbocycles. The van der Waals surface area contributed by atoms with E-state index in [1.54, 1.807) is 11.3 Å². The van der Waals surface area contributed by atoms with Crippen LogP contribution in [0.1, 0.15) is 22.7 Å². The molecule has 2 N–H and O–H groups in total. The molecule has 0 saturated carbocycles. The number of carbonyl (C=O) groups is 1. The predicted octanol–water partition coefficient (Wildman–Crippen LogP) is 3.56. The zero-order valence-electron chi connectivity index (χ0n) is 11.4. The first kappa shape index (κ1) is 13.0. The third-order valence-electron chi connectivity index (χ3n) is 3.18. The van der Waals surface area contributed by atoms with Gasteiger partial charge in [-0.2, -0.15) is 0 Å². The second-order valence-corrected chi connectivity index (χ2v) is 6.18. The summed E-state index contributed by atoms with van der Waals surface area (Å²) in [6.45, 7) is 4.32. The molecule has 1 aliphatic rings. The molecule has 1 unspecified atom stereocenters. The van der Waals surface area contributed by atoms with Crippen molar-refractivity contribution in [2.45, 2.75) is 19.9 Å². The molecule has 5 heteroatoms. The number of thiophene rings is 1. The number of rotatable bonds is 3. The minimum absolute atomic E-state index is 0.0879. The van der Waals surface area contributed by atoms with E-state index in [0.29, 0.717) is 0 Å². The summed E-state index contributed by atoms with van der Waals surface area (Å²) in [6.07, 6.45) is 0. The molecule has 1 atom stereocenters. The SMILES string of the molecule is Cc1ccc(C(C)Nc2ccc3c(c2)NC(=O)CO3)s1. The van der Waals surface area contributed by atoms with E-state index < -0.39 is 0 Å². The van der Waals surface area contributed by atoms with Gasteiger partial charge in [-0.1, -0.05) is 0 Å². The minimum atomic E-state index is -0.114. The maximum atomic E-state index is 11.3. The van der Waals surface area contributed by atoms with Crippen LogP contribution in [0.5, 0.6) is 5.75 Å². The molecule has 104 valence electrons. The Kier molecular flexibility index (Phi) is 3.36. The number of amides is 1. The third-order valence-corrected chi connectivity index (χ3v) is 4.37. The molecule has 0 aliphatic carbocycles. The number of hydrogen-bond donors (Lipinski definition) is 2. The van der Waals surface area contributed by atoms with E-state index >= 15 is 0 Å². The lowest BCUT2D eigenvalue weighted by Crippen LogP contribution is -2.25. The van der Waals surface area contributed by atoms with Gasteiger partial charge in [0.1, 0.15) is 5.75 Å². The molecule has 1 aliphatic heterocycles. The van der Waals surface area contributed by atoms with Crippen LogP contribution in [-0.4, -0.2) is 12.5 Å². The molecule has 4 nitrogen and oxygen atoms in total. The van der Waals surface area contributed by atoms with Crippen molar-refractivity contribution in [3.8, 4) is 5.75 Å². The van der Waals surface area contributed by atoms with E-state index in [0.717, 1.165) is 17.1 Å². The number of anilines is 2. The van der Waals surface area contributed by atoms with Crippen LogP contribution >= 0.6 is 11.3 Å². The Morgan fingerprint density at radius 3 is 2.95 bits per heavy atom. The number of fused-ring (bicyclic) bond motifs is 1. The van der Waals surface area contributed by atoms with Gasteiger partial charge in [-0.15, -0.1) is 11.3 Å². The lowest BCUT2D eigenvalue weighted by Gasteiger charge is -2.20. The lowest BCUT2D eigenvalue weighted by molar-refractivity contribution is -0.118. The summed E-state index contributed by atoms with van der Waals surface area (Å²) >= 11 is 1.79. The van der Waals surface area contributed by atoms with Crippen molar-refractivity contribution in [1.29, 1.82) is 0 Å². The Balaban J connectivity index is 1.78. The zero-order valence-corrected chi connectivity index (χ0v) is 12.2.